The maximum Gasteiger partial charge on any atom is 0.277 e. The summed E-state index contributed by atoms with van der Waals surface area (Å²) in [5.74, 6) is 0.544. The molecule has 2 aromatic rings. The third-order valence-electron chi connectivity index (χ3n) is 4.80. The molecular weight excluding hydrogens is 342 g/mol. The summed E-state index contributed by atoms with van der Waals surface area (Å²) >= 11 is 0. The average Bonchev–Trinajstić information content (AvgIpc) is 2.61. The number of nitrogens with two attached hydrogens (primary N) is 1. The number of carbonyl (C=O) groups is 1. The van der Waals surface area contributed by atoms with Gasteiger partial charge in [-0.1, -0.05) is 17.3 Å². The number of aryl methyl sites for hydroxylation is 1. The molecule has 2 heterocycles. The van der Waals surface area contributed by atoms with Crippen molar-refractivity contribution in [2.45, 2.75) is 38.8 Å². The highest BCUT2D eigenvalue weighted by Gasteiger charge is 2.24. The number of benzene rings is 1. The fraction of sp³-hybridized carbons (Fsp3) is 0.529. The van der Waals surface area contributed by atoms with E-state index in [1.165, 1.54) is 4.68 Å². The highest BCUT2D eigenvalue weighted by Crippen LogP contribution is 2.20. The second kappa shape index (κ2) is 8.40. The summed E-state index contributed by atoms with van der Waals surface area (Å²) in [6.07, 6.45) is 2.15. The normalized spacial score (nSPS) is 16.5. The van der Waals surface area contributed by atoms with E-state index in [-0.39, 0.29) is 42.9 Å². The van der Waals surface area contributed by atoms with Crippen LogP contribution in [0.15, 0.2) is 29.1 Å². The van der Waals surface area contributed by atoms with Gasteiger partial charge in [-0.25, -0.2) is 4.68 Å². The highest BCUT2D eigenvalue weighted by molar-refractivity contribution is 5.85. The molecule has 2 N–H and O–H groups in total. The Morgan fingerprint density at radius 2 is 2.00 bits per heavy atom. The number of carbonyl (C=O) groups excluding carboxylic acids is 1. The molecule has 1 aliphatic rings. The first-order valence-corrected chi connectivity index (χ1v) is 8.42. The number of amides is 1. The summed E-state index contributed by atoms with van der Waals surface area (Å²) in [6, 6.07) is 7.26. The van der Waals surface area contributed by atoms with Crippen molar-refractivity contribution in [3.8, 4) is 0 Å². The molecule has 1 aliphatic heterocycles. The van der Waals surface area contributed by atoms with Crippen LogP contribution in [-0.4, -0.2) is 44.9 Å². The first kappa shape index (κ1) is 19.3. The van der Waals surface area contributed by atoms with Gasteiger partial charge in [0.1, 0.15) is 5.52 Å². The molecule has 0 spiro atoms. The maximum atomic E-state index is 12.4. The molecule has 1 saturated heterocycles. The SMILES string of the molecule is CC(N)C1CCN(C(=O)CCn2nnc3ccccc3c2=O)CC1.Cl. The molecule has 0 bridgehead atoms. The molecule has 136 valence electrons. The van der Waals surface area contributed by atoms with Crippen LogP contribution in [0.1, 0.15) is 26.2 Å². The smallest absolute Gasteiger partial charge is 0.277 e. The minimum atomic E-state index is -0.205. The molecule has 1 aromatic carbocycles. The van der Waals surface area contributed by atoms with Crippen molar-refractivity contribution in [1.82, 2.24) is 19.9 Å². The van der Waals surface area contributed by atoms with Gasteiger partial charge in [-0.15, -0.1) is 17.5 Å². The van der Waals surface area contributed by atoms with E-state index in [4.69, 9.17) is 5.73 Å². The van der Waals surface area contributed by atoms with Crippen molar-refractivity contribution in [2.75, 3.05) is 13.1 Å². The van der Waals surface area contributed by atoms with Gasteiger partial charge in [0.25, 0.3) is 5.56 Å². The number of hydrogen-bond acceptors (Lipinski definition) is 5. The molecule has 0 aliphatic carbocycles. The number of rotatable bonds is 4. The molecule has 25 heavy (non-hydrogen) atoms. The van der Waals surface area contributed by atoms with Crippen molar-refractivity contribution in [1.29, 1.82) is 0 Å². The average molecular weight is 366 g/mol. The summed E-state index contributed by atoms with van der Waals surface area (Å²) in [4.78, 5) is 26.6. The van der Waals surface area contributed by atoms with E-state index in [9.17, 15) is 9.59 Å². The van der Waals surface area contributed by atoms with Crippen molar-refractivity contribution < 1.29 is 4.79 Å². The summed E-state index contributed by atoms with van der Waals surface area (Å²) in [6.45, 7) is 3.75. The Hall–Kier alpha value is -1.99. The van der Waals surface area contributed by atoms with E-state index < -0.39 is 0 Å². The number of piperidine rings is 1. The minimum Gasteiger partial charge on any atom is -0.343 e. The Kier molecular flexibility index (Phi) is 6.50. The largest absolute Gasteiger partial charge is 0.343 e. The summed E-state index contributed by atoms with van der Waals surface area (Å²) in [5.41, 5.74) is 6.30. The van der Waals surface area contributed by atoms with Crippen molar-refractivity contribution in [2.24, 2.45) is 11.7 Å². The second-order valence-corrected chi connectivity index (χ2v) is 6.46. The number of nitrogens with zero attached hydrogens (tertiary/aromatic N) is 4. The Bertz CT molecular complexity index is 784. The van der Waals surface area contributed by atoms with Crippen LogP contribution in [0, 0.1) is 5.92 Å². The zero-order valence-corrected chi connectivity index (χ0v) is 15.1. The Labute approximate surface area is 152 Å². The Morgan fingerprint density at radius 1 is 1.32 bits per heavy atom. The maximum absolute atomic E-state index is 12.4. The third-order valence-corrected chi connectivity index (χ3v) is 4.80. The van der Waals surface area contributed by atoms with Crippen LogP contribution in [0.25, 0.3) is 10.9 Å². The summed E-state index contributed by atoms with van der Waals surface area (Å²) < 4.78 is 1.27. The van der Waals surface area contributed by atoms with E-state index >= 15 is 0 Å². The molecule has 1 unspecified atom stereocenters. The quantitative estimate of drug-likeness (QED) is 0.878. The summed E-state index contributed by atoms with van der Waals surface area (Å²) in [5, 5.41) is 8.49. The fourth-order valence-corrected chi connectivity index (χ4v) is 3.20. The van der Waals surface area contributed by atoms with Crippen LogP contribution in [0.5, 0.6) is 0 Å². The molecule has 0 saturated carbocycles. The number of likely N-dealkylation sites (tertiary alicyclic amines) is 1. The predicted molar refractivity (Wildman–Crippen MR) is 98.6 cm³/mol. The molecule has 7 nitrogen and oxygen atoms in total. The first-order chi connectivity index (χ1) is 11.6. The van der Waals surface area contributed by atoms with E-state index in [0.29, 0.717) is 16.8 Å². The third kappa shape index (κ3) is 4.35. The first-order valence-electron chi connectivity index (χ1n) is 8.42. The van der Waals surface area contributed by atoms with E-state index in [1.807, 2.05) is 17.9 Å². The van der Waals surface area contributed by atoms with E-state index in [2.05, 4.69) is 10.3 Å². The minimum absolute atomic E-state index is 0. The molecule has 8 heteroatoms. The topological polar surface area (TPSA) is 94.1 Å². The summed E-state index contributed by atoms with van der Waals surface area (Å²) in [7, 11) is 0. The monoisotopic (exact) mass is 365 g/mol. The van der Waals surface area contributed by atoms with Crippen LogP contribution >= 0.6 is 12.4 Å². The van der Waals surface area contributed by atoms with Crippen LogP contribution in [-0.2, 0) is 11.3 Å². The van der Waals surface area contributed by atoms with Crippen LogP contribution in [0.2, 0.25) is 0 Å². The van der Waals surface area contributed by atoms with Crippen molar-refractivity contribution in [3.63, 3.8) is 0 Å². The van der Waals surface area contributed by atoms with Gasteiger partial charge < -0.3 is 10.6 Å². The lowest BCUT2D eigenvalue weighted by Gasteiger charge is -2.33. The van der Waals surface area contributed by atoms with Gasteiger partial charge in [0, 0.05) is 25.6 Å². The molecule has 1 aromatic heterocycles. The number of halogens is 1. The van der Waals surface area contributed by atoms with Gasteiger partial charge >= 0.3 is 0 Å². The molecule has 0 radical (unpaired) electrons. The molecule has 1 fully saturated rings. The van der Waals surface area contributed by atoms with Gasteiger partial charge in [-0.2, -0.15) is 0 Å². The molecule has 3 rings (SSSR count). The van der Waals surface area contributed by atoms with Crippen LogP contribution < -0.4 is 11.3 Å². The Morgan fingerprint density at radius 3 is 2.68 bits per heavy atom. The number of aromatic nitrogens is 3. The van der Waals surface area contributed by atoms with Gasteiger partial charge in [0.2, 0.25) is 5.91 Å². The zero-order valence-electron chi connectivity index (χ0n) is 14.3. The Balaban J connectivity index is 0.00000225. The van der Waals surface area contributed by atoms with Gasteiger partial charge in [-0.3, -0.25) is 9.59 Å². The molecule has 1 atom stereocenters. The van der Waals surface area contributed by atoms with Crippen molar-refractivity contribution in [3.05, 3.63) is 34.6 Å². The van der Waals surface area contributed by atoms with Gasteiger partial charge in [0.05, 0.1) is 11.9 Å². The predicted octanol–water partition coefficient (Wildman–Crippen LogP) is 1.19. The van der Waals surface area contributed by atoms with E-state index in [0.717, 1.165) is 25.9 Å². The lowest BCUT2D eigenvalue weighted by molar-refractivity contribution is -0.133. The van der Waals surface area contributed by atoms with Gasteiger partial charge in [0.15, 0.2) is 0 Å². The second-order valence-electron chi connectivity index (χ2n) is 6.46. The zero-order chi connectivity index (χ0) is 17.1. The lowest BCUT2D eigenvalue weighted by Crippen LogP contribution is -2.43. The highest BCUT2D eigenvalue weighted by atomic mass is 35.5. The van der Waals surface area contributed by atoms with Crippen LogP contribution in [0.3, 0.4) is 0 Å². The number of fused-ring (bicyclic) bond motifs is 1. The molecule has 1 amide bonds. The lowest BCUT2D eigenvalue weighted by atomic mass is 9.91. The standard InChI is InChI=1S/C17H23N5O2.ClH/c1-12(18)13-6-9-21(10-7-13)16(23)8-11-22-17(24)14-4-2-3-5-15(14)19-20-22;/h2-5,12-13H,6-11,18H2,1H3;1H. The van der Waals surface area contributed by atoms with Gasteiger partial charge in [-0.05, 0) is 37.8 Å². The van der Waals surface area contributed by atoms with Crippen LogP contribution in [0.4, 0.5) is 0 Å². The van der Waals surface area contributed by atoms with Crippen molar-refractivity contribution >= 4 is 29.2 Å². The van der Waals surface area contributed by atoms with E-state index in [1.54, 1.807) is 18.2 Å². The number of hydrogen-bond donors (Lipinski definition) is 1. The molecular formula is C17H24ClN5O2. The fourth-order valence-electron chi connectivity index (χ4n) is 3.20.